The summed E-state index contributed by atoms with van der Waals surface area (Å²) in [4.78, 5) is 4.70. The molecule has 1 atom stereocenters. The molecule has 1 N–H and O–H groups in total. The number of halogens is 1. The first-order valence-electron chi connectivity index (χ1n) is 6.44. The highest BCUT2D eigenvalue weighted by Gasteiger charge is 2.26. The fourth-order valence-electron chi connectivity index (χ4n) is 2.63. The van der Waals surface area contributed by atoms with Gasteiger partial charge < -0.3 is 14.9 Å². The van der Waals surface area contributed by atoms with Crippen LogP contribution in [0.25, 0.3) is 0 Å². The van der Waals surface area contributed by atoms with Crippen LogP contribution in [0.4, 0.5) is 5.69 Å². The Morgan fingerprint density at radius 3 is 2.89 bits per heavy atom. The summed E-state index contributed by atoms with van der Waals surface area (Å²) in [5.74, 6) is 0. The Hall–Kier alpha value is -0.770. The van der Waals surface area contributed by atoms with E-state index in [1.54, 1.807) is 0 Å². The van der Waals surface area contributed by atoms with Gasteiger partial charge in [-0.05, 0) is 38.1 Å². The molecule has 0 aliphatic carbocycles. The van der Waals surface area contributed by atoms with Crippen molar-refractivity contribution in [1.29, 1.82) is 0 Å². The summed E-state index contributed by atoms with van der Waals surface area (Å²) in [5.41, 5.74) is 2.33. The first kappa shape index (κ1) is 13.7. The second-order valence-corrected chi connectivity index (χ2v) is 5.41. The number of likely N-dealkylation sites (N-methyl/N-ethyl adjacent to an activating group) is 1. The molecule has 1 aliphatic heterocycles. The van der Waals surface area contributed by atoms with Crippen LogP contribution in [-0.4, -0.2) is 49.3 Å². The van der Waals surface area contributed by atoms with Crippen molar-refractivity contribution in [1.82, 2.24) is 4.90 Å². The van der Waals surface area contributed by atoms with Gasteiger partial charge in [-0.15, -0.1) is 0 Å². The minimum atomic E-state index is 0.231. The third-order valence-electron chi connectivity index (χ3n) is 3.70. The van der Waals surface area contributed by atoms with Crippen LogP contribution in [-0.2, 0) is 0 Å². The number of aliphatic hydroxyl groups excluding tert-OH is 1. The fraction of sp³-hybridized carbons (Fsp3) is 0.571. The molecule has 1 aromatic carbocycles. The number of nitrogens with zero attached hydrogens (tertiary/aromatic N) is 2. The molecule has 1 fully saturated rings. The van der Waals surface area contributed by atoms with E-state index in [-0.39, 0.29) is 6.61 Å². The van der Waals surface area contributed by atoms with E-state index in [1.807, 2.05) is 12.1 Å². The number of piperazine rings is 1. The largest absolute Gasteiger partial charge is 0.396 e. The van der Waals surface area contributed by atoms with Gasteiger partial charge >= 0.3 is 0 Å². The highest BCUT2D eigenvalue weighted by molar-refractivity contribution is 6.31. The molecule has 1 unspecified atom stereocenters. The molecule has 1 heterocycles. The van der Waals surface area contributed by atoms with E-state index < -0.39 is 0 Å². The Bertz CT molecular complexity index is 411. The maximum absolute atomic E-state index is 9.22. The summed E-state index contributed by atoms with van der Waals surface area (Å²) in [6.45, 7) is 5.32. The minimum Gasteiger partial charge on any atom is -0.396 e. The van der Waals surface area contributed by atoms with Crippen LogP contribution in [0.2, 0.25) is 5.02 Å². The van der Waals surface area contributed by atoms with Crippen molar-refractivity contribution in [3.63, 3.8) is 0 Å². The Kier molecular flexibility index (Phi) is 4.49. The third-order valence-corrected chi connectivity index (χ3v) is 4.11. The fourth-order valence-corrected chi connectivity index (χ4v) is 2.80. The summed E-state index contributed by atoms with van der Waals surface area (Å²) < 4.78 is 0. The van der Waals surface area contributed by atoms with Gasteiger partial charge in [0.1, 0.15) is 0 Å². The molecule has 2 rings (SSSR count). The molecule has 0 radical (unpaired) electrons. The SMILES string of the molecule is Cc1c(Cl)cccc1N1CCN(C)CC1CCO. The Morgan fingerprint density at radius 1 is 1.39 bits per heavy atom. The van der Waals surface area contributed by atoms with Crippen molar-refractivity contribution in [2.75, 3.05) is 38.2 Å². The van der Waals surface area contributed by atoms with Crippen molar-refractivity contribution in [2.24, 2.45) is 0 Å². The number of benzene rings is 1. The van der Waals surface area contributed by atoms with Crippen molar-refractivity contribution in [3.05, 3.63) is 28.8 Å². The van der Waals surface area contributed by atoms with Crippen LogP contribution in [0.3, 0.4) is 0 Å². The third kappa shape index (κ3) is 2.79. The molecule has 0 spiro atoms. The molecule has 0 aromatic heterocycles. The van der Waals surface area contributed by atoms with E-state index in [2.05, 4.69) is 29.8 Å². The second kappa shape index (κ2) is 5.91. The van der Waals surface area contributed by atoms with Crippen molar-refractivity contribution in [3.8, 4) is 0 Å². The number of hydrogen-bond acceptors (Lipinski definition) is 3. The van der Waals surface area contributed by atoms with Gasteiger partial charge in [-0.3, -0.25) is 0 Å². The molecule has 1 aliphatic rings. The smallest absolute Gasteiger partial charge is 0.0455 e. The number of hydrogen-bond donors (Lipinski definition) is 1. The van der Waals surface area contributed by atoms with Gasteiger partial charge in [0.25, 0.3) is 0 Å². The van der Waals surface area contributed by atoms with E-state index in [9.17, 15) is 5.11 Å². The van der Waals surface area contributed by atoms with E-state index in [4.69, 9.17) is 11.6 Å². The topological polar surface area (TPSA) is 26.7 Å². The lowest BCUT2D eigenvalue weighted by Crippen LogP contribution is -2.52. The van der Waals surface area contributed by atoms with Gasteiger partial charge in [0, 0.05) is 43.0 Å². The molecule has 100 valence electrons. The van der Waals surface area contributed by atoms with Crippen molar-refractivity contribution >= 4 is 17.3 Å². The molecule has 18 heavy (non-hydrogen) atoms. The van der Waals surface area contributed by atoms with Crippen LogP contribution in [0.15, 0.2) is 18.2 Å². The van der Waals surface area contributed by atoms with Gasteiger partial charge in [0.2, 0.25) is 0 Å². The predicted molar refractivity (Wildman–Crippen MR) is 76.5 cm³/mol. The lowest BCUT2D eigenvalue weighted by Gasteiger charge is -2.42. The molecular weight excluding hydrogens is 248 g/mol. The summed E-state index contributed by atoms with van der Waals surface area (Å²) in [6.07, 6.45) is 0.802. The molecular formula is C14H21ClN2O. The average molecular weight is 269 g/mol. The predicted octanol–water partition coefficient (Wildman–Crippen LogP) is 2.15. The van der Waals surface area contributed by atoms with Crippen LogP contribution < -0.4 is 4.90 Å². The lowest BCUT2D eigenvalue weighted by molar-refractivity contribution is 0.219. The highest BCUT2D eigenvalue weighted by atomic mass is 35.5. The zero-order chi connectivity index (χ0) is 13.1. The van der Waals surface area contributed by atoms with E-state index in [0.29, 0.717) is 6.04 Å². The van der Waals surface area contributed by atoms with Crippen LogP contribution in [0.5, 0.6) is 0 Å². The zero-order valence-electron chi connectivity index (χ0n) is 11.1. The zero-order valence-corrected chi connectivity index (χ0v) is 11.8. The number of aliphatic hydroxyl groups is 1. The number of anilines is 1. The van der Waals surface area contributed by atoms with Crippen molar-refractivity contribution < 1.29 is 5.11 Å². The van der Waals surface area contributed by atoms with E-state index >= 15 is 0 Å². The first-order valence-corrected chi connectivity index (χ1v) is 6.82. The normalized spacial score (nSPS) is 21.3. The molecule has 3 nitrogen and oxygen atoms in total. The monoisotopic (exact) mass is 268 g/mol. The molecule has 1 saturated heterocycles. The van der Waals surface area contributed by atoms with E-state index in [1.165, 1.54) is 5.69 Å². The van der Waals surface area contributed by atoms with Gasteiger partial charge in [0.15, 0.2) is 0 Å². The van der Waals surface area contributed by atoms with Gasteiger partial charge in [0.05, 0.1) is 0 Å². The standard InChI is InChI=1S/C14H21ClN2O/c1-11-13(15)4-3-5-14(11)17-8-7-16(2)10-12(17)6-9-18/h3-5,12,18H,6-10H2,1-2H3. The maximum Gasteiger partial charge on any atom is 0.0455 e. The Morgan fingerprint density at radius 2 is 2.17 bits per heavy atom. The van der Waals surface area contributed by atoms with Gasteiger partial charge in [-0.1, -0.05) is 17.7 Å². The lowest BCUT2D eigenvalue weighted by atomic mass is 10.1. The Labute approximate surface area is 114 Å². The quantitative estimate of drug-likeness (QED) is 0.910. The van der Waals surface area contributed by atoms with Crippen molar-refractivity contribution in [2.45, 2.75) is 19.4 Å². The van der Waals surface area contributed by atoms with Crippen LogP contribution in [0, 0.1) is 6.92 Å². The number of rotatable bonds is 3. The Balaban J connectivity index is 2.26. The summed E-state index contributed by atoms with van der Waals surface area (Å²) in [7, 11) is 2.13. The summed E-state index contributed by atoms with van der Waals surface area (Å²) in [5, 5.41) is 10.0. The molecule has 0 saturated carbocycles. The van der Waals surface area contributed by atoms with Gasteiger partial charge in [-0.2, -0.15) is 0 Å². The summed E-state index contributed by atoms with van der Waals surface area (Å²) >= 11 is 6.20. The maximum atomic E-state index is 9.22. The van der Waals surface area contributed by atoms with Crippen LogP contribution >= 0.6 is 11.6 Å². The average Bonchev–Trinajstić information content (AvgIpc) is 2.34. The minimum absolute atomic E-state index is 0.231. The molecule has 0 amide bonds. The molecule has 0 bridgehead atoms. The summed E-state index contributed by atoms with van der Waals surface area (Å²) in [6, 6.07) is 6.42. The molecule has 1 aromatic rings. The highest BCUT2D eigenvalue weighted by Crippen LogP contribution is 2.29. The molecule has 4 heteroatoms. The van der Waals surface area contributed by atoms with E-state index in [0.717, 1.165) is 36.6 Å². The first-order chi connectivity index (χ1) is 8.63. The van der Waals surface area contributed by atoms with Crippen LogP contribution in [0.1, 0.15) is 12.0 Å². The van der Waals surface area contributed by atoms with Gasteiger partial charge in [-0.25, -0.2) is 0 Å². The second-order valence-electron chi connectivity index (χ2n) is 5.01.